The van der Waals surface area contributed by atoms with Gasteiger partial charge >= 0.3 is 6.03 Å². The van der Waals surface area contributed by atoms with E-state index in [4.69, 9.17) is 9.47 Å². The summed E-state index contributed by atoms with van der Waals surface area (Å²) in [6, 6.07) is 15.4. The summed E-state index contributed by atoms with van der Waals surface area (Å²) in [5.74, 6) is 2.55. The molecule has 1 atom stereocenters. The number of nitrogens with one attached hydrogen (secondary N) is 1. The van der Waals surface area contributed by atoms with Crippen LogP contribution >= 0.6 is 11.8 Å². The first-order chi connectivity index (χ1) is 13.2. The van der Waals surface area contributed by atoms with Gasteiger partial charge in [-0.3, -0.25) is 0 Å². The molecule has 3 rings (SSSR count). The molecule has 0 spiro atoms. The van der Waals surface area contributed by atoms with Gasteiger partial charge in [0.25, 0.3) is 0 Å². The number of amides is 2. The van der Waals surface area contributed by atoms with Gasteiger partial charge in [0.2, 0.25) is 0 Å². The third kappa shape index (κ3) is 5.10. The van der Waals surface area contributed by atoms with Crippen LogP contribution in [0, 0.1) is 0 Å². The Kier molecular flexibility index (Phi) is 6.87. The van der Waals surface area contributed by atoms with Crippen molar-refractivity contribution >= 4 is 23.5 Å². The van der Waals surface area contributed by atoms with Gasteiger partial charge in [-0.15, -0.1) is 11.8 Å². The minimum atomic E-state index is -0.0903. The van der Waals surface area contributed by atoms with Gasteiger partial charge in [0.1, 0.15) is 16.9 Å². The Morgan fingerprint density at radius 1 is 1.22 bits per heavy atom. The van der Waals surface area contributed by atoms with E-state index in [1.165, 1.54) is 0 Å². The van der Waals surface area contributed by atoms with Crippen LogP contribution in [0.3, 0.4) is 0 Å². The van der Waals surface area contributed by atoms with Crippen molar-refractivity contribution in [3.05, 3.63) is 54.1 Å². The van der Waals surface area contributed by atoms with Crippen LogP contribution in [0.5, 0.6) is 11.5 Å². The van der Waals surface area contributed by atoms with Crippen LogP contribution in [0.1, 0.15) is 30.7 Å². The first-order valence-electron chi connectivity index (χ1n) is 9.27. The molecule has 1 aliphatic heterocycles. The number of methoxy groups -OCH3 is 1. The number of nitrogens with zero attached hydrogens (tertiary/aromatic N) is 1. The number of hydrogen-bond acceptors (Lipinski definition) is 4. The Balaban J connectivity index is 1.62. The maximum atomic E-state index is 12.8. The lowest BCUT2D eigenvalue weighted by Crippen LogP contribution is -2.34. The maximum absolute atomic E-state index is 12.8. The lowest BCUT2D eigenvalue weighted by Gasteiger charge is -2.24. The van der Waals surface area contributed by atoms with Crippen LogP contribution in [0.25, 0.3) is 0 Å². The number of rotatable bonds is 7. The number of hydrogen-bond donors (Lipinski definition) is 1. The van der Waals surface area contributed by atoms with Crippen molar-refractivity contribution in [1.82, 2.24) is 4.90 Å². The summed E-state index contributed by atoms with van der Waals surface area (Å²) in [5, 5.41) is 2.99. The highest BCUT2D eigenvalue weighted by Crippen LogP contribution is 2.39. The van der Waals surface area contributed by atoms with Crippen LogP contribution in [-0.2, 0) is 0 Å². The topological polar surface area (TPSA) is 50.8 Å². The van der Waals surface area contributed by atoms with Gasteiger partial charge in [0, 0.05) is 18.0 Å². The molecule has 1 saturated heterocycles. The molecule has 0 aliphatic carbocycles. The predicted molar refractivity (Wildman–Crippen MR) is 111 cm³/mol. The van der Waals surface area contributed by atoms with Crippen LogP contribution in [0.4, 0.5) is 10.5 Å². The molecule has 1 N–H and O–H groups in total. The molecule has 0 saturated carbocycles. The summed E-state index contributed by atoms with van der Waals surface area (Å²) in [4.78, 5) is 14.7. The minimum absolute atomic E-state index is 0.00301. The molecular weight excluding hydrogens is 360 g/mol. The van der Waals surface area contributed by atoms with Crippen molar-refractivity contribution in [2.75, 3.05) is 31.3 Å². The molecule has 5 nitrogen and oxygen atoms in total. The standard InChI is InChI=1S/C21H26N2O3S/c1-3-4-13-26-18-10-8-17(9-11-18)22-21(24)23-12-14-27-20(23)16-6-5-7-19(15-16)25-2/h5-11,15,20H,3-4,12-14H2,1-2H3,(H,22,24). The minimum Gasteiger partial charge on any atom is -0.497 e. The van der Waals surface area contributed by atoms with E-state index in [0.29, 0.717) is 0 Å². The summed E-state index contributed by atoms with van der Waals surface area (Å²) in [7, 11) is 1.65. The summed E-state index contributed by atoms with van der Waals surface area (Å²) in [6.45, 7) is 3.57. The molecule has 0 radical (unpaired) electrons. The third-order valence-electron chi connectivity index (χ3n) is 4.40. The monoisotopic (exact) mass is 386 g/mol. The van der Waals surface area contributed by atoms with Gasteiger partial charge in [-0.1, -0.05) is 25.5 Å². The Bertz CT molecular complexity index is 751. The van der Waals surface area contributed by atoms with Gasteiger partial charge in [-0.25, -0.2) is 4.79 Å². The number of urea groups is 1. The summed E-state index contributed by atoms with van der Waals surface area (Å²) >= 11 is 1.76. The van der Waals surface area contributed by atoms with Gasteiger partial charge in [0.15, 0.2) is 0 Å². The van der Waals surface area contributed by atoms with E-state index in [-0.39, 0.29) is 11.4 Å². The van der Waals surface area contributed by atoms with Gasteiger partial charge in [-0.2, -0.15) is 0 Å². The second-order valence-corrected chi connectivity index (χ2v) is 7.54. The molecule has 1 fully saturated rings. The first kappa shape index (κ1) is 19.4. The van der Waals surface area contributed by atoms with E-state index < -0.39 is 0 Å². The number of carbonyl (C=O) groups excluding carboxylic acids is 1. The largest absolute Gasteiger partial charge is 0.497 e. The predicted octanol–water partition coefficient (Wildman–Crippen LogP) is 5.15. The van der Waals surface area contributed by atoms with Crippen LogP contribution in [0.15, 0.2) is 48.5 Å². The Morgan fingerprint density at radius 3 is 2.78 bits per heavy atom. The molecule has 0 bridgehead atoms. The van der Waals surface area contributed by atoms with Crippen molar-refractivity contribution < 1.29 is 14.3 Å². The lowest BCUT2D eigenvalue weighted by molar-refractivity contribution is 0.214. The van der Waals surface area contributed by atoms with Gasteiger partial charge in [-0.05, 0) is 48.4 Å². The van der Waals surface area contributed by atoms with E-state index in [0.717, 1.165) is 54.5 Å². The zero-order chi connectivity index (χ0) is 19.1. The zero-order valence-electron chi connectivity index (χ0n) is 15.8. The van der Waals surface area contributed by atoms with Crippen molar-refractivity contribution in [3.8, 4) is 11.5 Å². The SMILES string of the molecule is CCCCOc1ccc(NC(=O)N2CCSC2c2cccc(OC)c2)cc1. The fraction of sp³-hybridized carbons (Fsp3) is 0.381. The van der Waals surface area contributed by atoms with E-state index in [1.807, 2.05) is 53.4 Å². The number of ether oxygens (including phenoxy) is 2. The molecule has 2 aromatic carbocycles. The number of carbonyl (C=O) groups is 1. The highest BCUT2D eigenvalue weighted by atomic mass is 32.2. The van der Waals surface area contributed by atoms with E-state index in [9.17, 15) is 4.79 Å². The number of unbranched alkanes of at least 4 members (excludes halogenated alkanes) is 1. The fourth-order valence-corrected chi connectivity index (χ4v) is 4.16. The van der Waals surface area contributed by atoms with Crippen molar-refractivity contribution in [2.24, 2.45) is 0 Å². The molecule has 2 aromatic rings. The highest BCUT2D eigenvalue weighted by molar-refractivity contribution is 7.99. The average molecular weight is 387 g/mol. The van der Waals surface area contributed by atoms with E-state index in [1.54, 1.807) is 18.9 Å². The summed E-state index contributed by atoms with van der Waals surface area (Å²) < 4.78 is 11.0. The summed E-state index contributed by atoms with van der Waals surface area (Å²) in [5.41, 5.74) is 1.84. The maximum Gasteiger partial charge on any atom is 0.323 e. The molecular formula is C21H26N2O3S. The fourth-order valence-electron chi connectivity index (χ4n) is 2.91. The van der Waals surface area contributed by atoms with Crippen molar-refractivity contribution in [3.63, 3.8) is 0 Å². The molecule has 1 aliphatic rings. The average Bonchev–Trinajstić information content (AvgIpc) is 3.20. The third-order valence-corrected chi connectivity index (χ3v) is 5.66. The molecule has 6 heteroatoms. The van der Waals surface area contributed by atoms with E-state index >= 15 is 0 Å². The highest BCUT2D eigenvalue weighted by Gasteiger charge is 2.31. The second kappa shape index (κ2) is 9.55. The van der Waals surface area contributed by atoms with E-state index in [2.05, 4.69) is 12.2 Å². The quantitative estimate of drug-likeness (QED) is 0.668. The Labute approximate surface area is 165 Å². The molecule has 1 heterocycles. The van der Waals surface area contributed by atoms with Gasteiger partial charge in [0.05, 0.1) is 13.7 Å². The summed E-state index contributed by atoms with van der Waals surface area (Å²) in [6.07, 6.45) is 2.15. The molecule has 0 aromatic heterocycles. The van der Waals surface area contributed by atoms with Crippen LogP contribution in [-0.4, -0.2) is 36.9 Å². The molecule has 27 heavy (non-hydrogen) atoms. The molecule has 144 valence electrons. The molecule has 2 amide bonds. The zero-order valence-corrected chi connectivity index (χ0v) is 16.6. The smallest absolute Gasteiger partial charge is 0.323 e. The normalized spacial score (nSPS) is 16.2. The van der Waals surface area contributed by atoms with Crippen molar-refractivity contribution in [1.29, 1.82) is 0 Å². The van der Waals surface area contributed by atoms with Crippen molar-refractivity contribution in [2.45, 2.75) is 25.1 Å². The molecule has 1 unspecified atom stereocenters. The first-order valence-corrected chi connectivity index (χ1v) is 10.3. The number of benzene rings is 2. The Morgan fingerprint density at radius 2 is 2.04 bits per heavy atom. The van der Waals surface area contributed by atoms with Crippen LogP contribution < -0.4 is 14.8 Å². The Hall–Kier alpha value is -2.34. The van der Waals surface area contributed by atoms with Gasteiger partial charge < -0.3 is 19.7 Å². The lowest BCUT2D eigenvalue weighted by atomic mass is 10.2. The van der Waals surface area contributed by atoms with Crippen LogP contribution in [0.2, 0.25) is 0 Å². The number of thioether (sulfide) groups is 1. The second-order valence-electron chi connectivity index (χ2n) is 6.35. The number of anilines is 1.